The summed E-state index contributed by atoms with van der Waals surface area (Å²) in [7, 11) is 1.61. The molecule has 0 unspecified atom stereocenters. The molecule has 0 saturated carbocycles. The van der Waals surface area contributed by atoms with Crippen LogP contribution in [0.3, 0.4) is 0 Å². The lowest BCUT2D eigenvalue weighted by Crippen LogP contribution is -2.47. The Morgan fingerprint density at radius 3 is 2.38 bits per heavy atom. The van der Waals surface area contributed by atoms with Gasteiger partial charge in [0.1, 0.15) is 0 Å². The average Bonchev–Trinajstić information content (AvgIpc) is 2.65. The summed E-state index contributed by atoms with van der Waals surface area (Å²) in [6.45, 7) is 1.16. The summed E-state index contributed by atoms with van der Waals surface area (Å²) in [6, 6.07) is 12.1. The van der Waals surface area contributed by atoms with Crippen LogP contribution in [-0.4, -0.2) is 40.5 Å². The molecule has 3 amide bonds. The molecule has 26 heavy (non-hydrogen) atoms. The van der Waals surface area contributed by atoms with E-state index in [2.05, 4.69) is 10.6 Å². The number of urea groups is 1. The number of carbonyl (C=O) groups excluding carboxylic acids is 2. The van der Waals surface area contributed by atoms with E-state index < -0.39 is 0 Å². The number of nitrogens with one attached hydrogen (secondary N) is 2. The summed E-state index contributed by atoms with van der Waals surface area (Å²) >= 11 is 0. The maximum atomic E-state index is 12.3. The molecule has 2 aromatic rings. The smallest absolute Gasteiger partial charge is 0.321 e. The van der Waals surface area contributed by atoms with Crippen LogP contribution in [0.2, 0.25) is 0 Å². The lowest BCUT2D eigenvalue weighted by atomic mass is 10.0. The number of nitrogens with zero attached hydrogens (tertiary/aromatic N) is 2. The first-order valence-corrected chi connectivity index (χ1v) is 8.61. The van der Waals surface area contributed by atoms with Crippen LogP contribution in [0.4, 0.5) is 10.5 Å². The first kappa shape index (κ1) is 17.7. The number of aryl methyl sites for hydroxylation is 1. The van der Waals surface area contributed by atoms with Crippen LogP contribution in [0.25, 0.3) is 0 Å². The summed E-state index contributed by atoms with van der Waals surface area (Å²) in [5.74, 6) is -0.201. The van der Waals surface area contributed by atoms with Crippen molar-refractivity contribution < 1.29 is 9.59 Å². The number of hydrogen-bond acceptors (Lipinski definition) is 3. The number of rotatable bonds is 3. The molecule has 0 spiro atoms. The van der Waals surface area contributed by atoms with E-state index >= 15 is 0 Å². The number of carbonyl (C=O) groups is 2. The lowest BCUT2D eigenvalue weighted by Gasteiger charge is -2.32. The standard InChI is InChI=1S/C19H22N4O3/c1-22-13-14(7-8-17(22)24)18(25)20-16-9-11-23(12-10-16)19(26)21-15-5-3-2-4-6-15/h2-8,13,16H,9-12H2,1H3,(H,20,25)(H,21,26). The Hall–Kier alpha value is -3.09. The lowest BCUT2D eigenvalue weighted by molar-refractivity contribution is 0.0918. The van der Waals surface area contributed by atoms with E-state index in [-0.39, 0.29) is 23.5 Å². The summed E-state index contributed by atoms with van der Waals surface area (Å²) in [5, 5.41) is 5.85. The zero-order chi connectivity index (χ0) is 18.5. The molecule has 0 radical (unpaired) electrons. The van der Waals surface area contributed by atoms with Gasteiger partial charge in [-0.15, -0.1) is 0 Å². The molecule has 0 bridgehead atoms. The third kappa shape index (κ3) is 4.30. The monoisotopic (exact) mass is 354 g/mol. The van der Waals surface area contributed by atoms with E-state index in [4.69, 9.17) is 0 Å². The molecule has 1 aromatic heterocycles. The van der Waals surface area contributed by atoms with Crippen LogP contribution in [-0.2, 0) is 7.05 Å². The molecule has 0 atom stereocenters. The minimum atomic E-state index is -0.201. The number of anilines is 1. The molecule has 0 aliphatic carbocycles. The van der Waals surface area contributed by atoms with E-state index in [1.54, 1.807) is 11.9 Å². The highest BCUT2D eigenvalue weighted by Crippen LogP contribution is 2.13. The molecule has 7 nitrogen and oxygen atoms in total. The van der Waals surface area contributed by atoms with Gasteiger partial charge >= 0.3 is 6.03 Å². The van der Waals surface area contributed by atoms with E-state index in [1.807, 2.05) is 30.3 Å². The van der Waals surface area contributed by atoms with E-state index in [9.17, 15) is 14.4 Å². The number of pyridine rings is 1. The fourth-order valence-electron chi connectivity index (χ4n) is 2.95. The molecule has 1 saturated heterocycles. The third-order valence-electron chi connectivity index (χ3n) is 4.49. The third-order valence-corrected chi connectivity index (χ3v) is 4.49. The maximum Gasteiger partial charge on any atom is 0.321 e. The number of hydrogen-bond donors (Lipinski definition) is 2. The van der Waals surface area contributed by atoms with Gasteiger partial charge in [0.15, 0.2) is 0 Å². The second-order valence-corrected chi connectivity index (χ2v) is 6.40. The van der Waals surface area contributed by atoms with E-state index in [1.165, 1.54) is 22.9 Å². The highest BCUT2D eigenvalue weighted by molar-refractivity contribution is 5.94. The molecule has 2 N–H and O–H groups in total. The van der Waals surface area contributed by atoms with Gasteiger partial charge in [-0.25, -0.2) is 4.79 Å². The zero-order valence-corrected chi connectivity index (χ0v) is 14.6. The van der Waals surface area contributed by atoms with Crippen molar-refractivity contribution >= 4 is 17.6 Å². The van der Waals surface area contributed by atoms with Crippen LogP contribution >= 0.6 is 0 Å². The minimum absolute atomic E-state index is 0.0144. The van der Waals surface area contributed by atoms with Crippen molar-refractivity contribution in [1.82, 2.24) is 14.8 Å². The quantitative estimate of drug-likeness (QED) is 0.882. The highest BCUT2D eigenvalue weighted by atomic mass is 16.2. The van der Waals surface area contributed by atoms with E-state index in [0.29, 0.717) is 31.5 Å². The van der Waals surface area contributed by atoms with Crippen molar-refractivity contribution in [3.8, 4) is 0 Å². The Morgan fingerprint density at radius 1 is 1.04 bits per heavy atom. The van der Waals surface area contributed by atoms with Crippen LogP contribution in [0.15, 0.2) is 53.5 Å². The Bertz CT molecular complexity index is 839. The van der Waals surface area contributed by atoms with E-state index in [0.717, 1.165) is 5.69 Å². The first-order chi connectivity index (χ1) is 12.5. The zero-order valence-electron chi connectivity index (χ0n) is 14.6. The fourth-order valence-corrected chi connectivity index (χ4v) is 2.95. The summed E-state index contributed by atoms with van der Waals surface area (Å²) in [4.78, 5) is 37.8. The van der Waals surface area contributed by atoms with Crippen LogP contribution in [0.1, 0.15) is 23.2 Å². The Balaban J connectivity index is 1.50. The fraction of sp³-hybridized carbons (Fsp3) is 0.316. The van der Waals surface area contributed by atoms with Crippen molar-refractivity contribution in [3.05, 3.63) is 64.6 Å². The predicted molar refractivity (Wildman–Crippen MR) is 99.2 cm³/mol. The van der Waals surface area contributed by atoms with Gasteiger partial charge in [-0.05, 0) is 31.0 Å². The van der Waals surface area contributed by atoms with Crippen molar-refractivity contribution in [2.45, 2.75) is 18.9 Å². The van der Waals surface area contributed by atoms with Crippen molar-refractivity contribution in [2.75, 3.05) is 18.4 Å². The number of amides is 3. The highest BCUT2D eigenvalue weighted by Gasteiger charge is 2.24. The van der Waals surface area contributed by atoms with Gasteiger partial charge < -0.3 is 20.1 Å². The summed E-state index contributed by atoms with van der Waals surface area (Å²) in [5.41, 5.74) is 1.07. The molecule has 136 valence electrons. The van der Waals surface area contributed by atoms with Crippen molar-refractivity contribution in [3.63, 3.8) is 0 Å². The normalized spacial score (nSPS) is 14.7. The van der Waals surface area contributed by atoms with Crippen LogP contribution in [0.5, 0.6) is 0 Å². The predicted octanol–water partition coefficient (Wildman–Crippen LogP) is 1.81. The number of piperidine rings is 1. The molecular weight excluding hydrogens is 332 g/mol. The summed E-state index contributed by atoms with van der Waals surface area (Å²) < 4.78 is 1.38. The van der Waals surface area contributed by atoms with Gasteiger partial charge in [0.05, 0.1) is 5.56 Å². The van der Waals surface area contributed by atoms with Gasteiger partial charge in [-0.3, -0.25) is 9.59 Å². The second-order valence-electron chi connectivity index (χ2n) is 6.40. The Kier molecular flexibility index (Phi) is 5.36. The number of aromatic nitrogens is 1. The summed E-state index contributed by atoms with van der Waals surface area (Å²) in [6.07, 6.45) is 2.92. The topological polar surface area (TPSA) is 83.4 Å². The van der Waals surface area contributed by atoms with Gasteiger partial charge in [-0.2, -0.15) is 0 Å². The number of benzene rings is 1. The first-order valence-electron chi connectivity index (χ1n) is 8.61. The molecule has 2 heterocycles. The molecule has 7 heteroatoms. The molecular formula is C19H22N4O3. The van der Waals surface area contributed by atoms with Gasteiger partial charge in [0.2, 0.25) is 5.56 Å². The maximum absolute atomic E-state index is 12.3. The largest absolute Gasteiger partial charge is 0.349 e. The van der Waals surface area contributed by atoms with Gasteiger partial charge in [-0.1, -0.05) is 18.2 Å². The molecule has 3 rings (SSSR count). The Morgan fingerprint density at radius 2 is 1.73 bits per heavy atom. The number of likely N-dealkylation sites (tertiary alicyclic amines) is 1. The second kappa shape index (κ2) is 7.86. The molecule has 1 aliphatic heterocycles. The van der Waals surface area contributed by atoms with Crippen molar-refractivity contribution in [2.24, 2.45) is 7.05 Å². The average molecular weight is 354 g/mol. The minimum Gasteiger partial charge on any atom is -0.349 e. The number of para-hydroxylation sites is 1. The Labute approximate surface area is 151 Å². The van der Waals surface area contributed by atoms with Crippen LogP contribution < -0.4 is 16.2 Å². The molecule has 1 fully saturated rings. The molecule has 1 aromatic carbocycles. The SMILES string of the molecule is Cn1cc(C(=O)NC2CCN(C(=O)Nc3ccccc3)CC2)ccc1=O. The van der Waals surface area contributed by atoms with Crippen LogP contribution in [0, 0.1) is 0 Å². The van der Waals surface area contributed by atoms with Gasteiger partial charge in [0.25, 0.3) is 5.91 Å². The molecule has 1 aliphatic rings. The van der Waals surface area contributed by atoms with Crippen molar-refractivity contribution in [1.29, 1.82) is 0 Å². The van der Waals surface area contributed by atoms with Gasteiger partial charge in [0, 0.05) is 44.1 Å².